The summed E-state index contributed by atoms with van der Waals surface area (Å²) in [4.78, 5) is 4.18. The molecule has 0 atom stereocenters. The maximum atomic E-state index is 13.0. The molecule has 0 fully saturated rings. The smallest absolute Gasteiger partial charge is 0.256 e. The number of fused-ring (bicyclic) bond motifs is 1. The monoisotopic (exact) mass is 273 g/mol. The van der Waals surface area contributed by atoms with Gasteiger partial charge < -0.3 is 0 Å². The van der Waals surface area contributed by atoms with Gasteiger partial charge in [-0.2, -0.15) is 13.2 Å². The van der Waals surface area contributed by atoms with E-state index < -0.39 is 11.7 Å². The Kier molecular flexibility index (Phi) is 2.93. The molecule has 1 heterocycles. The molecular weight excluding hydrogens is 263 g/mol. The molecule has 0 saturated heterocycles. The molecule has 100 valence electrons. The SMILES string of the molecule is FC(F)(F)c1ccccc1-c1ccc2cccnc2c1. The number of halogens is 3. The second-order valence-corrected chi connectivity index (χ2v) is 4.45. The Hall–Kier alpha value is -2.36. The molecule has 1 aromatic heterocycles. The fraction of sp³-hybridized carbons (Fsp3) is 0.0625. The summed E-state index contributed by atoms with van der Waals surface area (Å²) in [5.41, 5.74) is 0.744. The van der Waals surface area contributed by atoms with Crippen molar-refractivity contribution in [2.45, 2.75) is 6.18 Å². The van der Waals surface area contributed by atoms with Gasteiger partial charge in [-0.05, 0) is 29.3 Å². The average Bonchev–Trinajstić information content (AvgIpc) is 2.46. The van der Waals surface area contributed by atoms with Crippen molar-refractivity contribution >= 4 is 10.9 Å². The van der Waals surface area contributed by atoms with Crippen molar-refractivity contribution in [3.05, 3.63) is 66.4 Å². The van der Waals surface area contributed by atoms with E-state index in [0.29, 0.717) is 11.1 Å². The third-order valence-corrected chi connectivity index (χ3v) is 3.15. The van der Waals surface area contributed by atoms with Gasteiger partial charge in [-0.25, -0.2) is 0 Å². The van der Waals surface area contributed by atoms with E-state index in [1.807, 2.05) is 6.07 Å². The zero-order valence-electron chi connectivity index (χ0n) is 10.4. The first-order valence-electron chi connectivity index (χ1n) is 6.07. The molecule has 4 heteroatoms. The topological polar surface area (TPSA) is 12.9 Å². The third-order valence-electron chi connectivity index (χ3n) is 3.15. The Morgan fingerprint density at radius 1 is 0.850 bits per heavy atom. The number of aromatic nitrogens is 1. The summed E-state index contributed by atoms with van der Waals surface area (Å²) in [7, 11) is 0. The van der Waals surface area contributed by atoms with Crippen LogP contribution in [0.15, 0.2) is 60.8 Å². The first-order chi connectivity index (χ1) is 9.55. The molecule has 0 radical (unpaired) electrons. The lowest BCUT2D eigenvalue weighted by atomic mass is 9.98. The highest BCUT2D eigenvalue weighted by Crippen LogP contribution is 2.37. The quantitative estimate of drug-likeness (QED) is 0.613. The van der Waals surface area contributed by atoms with Crippen molar-refractivity contribution in [2.75, 3.05) is 0 Å². The Labute approximate surface area is 113 Å². The van der Waals surface area contributed by atoms with Gasteiger partial charge in [0.1, 0.15) is 0 Å². The van der Waals surface area contributed by atoms with E-state index in [1.54, 1.807) is 36.5 Å². The number of pyridine rings is 1. The fourth-order valence-electron chi connectivity index (χ4n) is 2.22. The number of hydrogen-bond donors (Lipinski definition) is 0. The van der Waals surface area contributed by atoms with Crippen LogP contribution in [0.3, 0.4) is 0 Å². The summed E-state index contributed by atoms with van der Waals surface area (Å²) in [5.74, 6) is 0. The molecule has 0 amide bonds. The highest BCUT2D eigenvalue weighted by Gasteiger charge is 2.33. The van der Waals surface area contributed by atoms with Crippen LogP contribution in [0.25, 0.3) is 22.0 Å². The molecule has 3 aromatic rings. The predicted octanol–water partition coefficient (Wildman–Crippen LogP) is 4.92. The number of benzene rings is 2. The van der Waals surface area contributed by atoms with Gasteiger partial charge >= 0.3 is 6.18 Å². The molecule has 0 saturated carbocycles. The molecule has 0 bridgehead atoms. The third kappa shape index (κ3) is 2.25. The van der Waals surface area contributed by atoms with Gasteiger partial charge in [0, 0.05) is 11.6 Å². The van der Waals surface area contributed by atoms with Gasteiger partial charge in [0.2, 0.25) is 0 Å². The van der Waals surface area contributed by atoms with Gasteiger partial charge in [0.25, 0.3) is 0 Å². The molecule has 0 spiro atoms. The summed E-state index contributed by atoms with van der Waals surface area (Å²) in [6, 6.07) is 14.4. The summed E-state index contributed by atoms with van der Waals surface area (Å²) < 4.78 is 39.1. The van der Waals surface area contributed by atoms with Crippen LogP contribution >= 0.6 is 0 Å². The second kappa shape index (κ2) is 4.63. The van der Waals surface area contributed by atoms with Crippen molar-refractivity contribution in [2.24, 2.45) is 0 Å². The lowest BCUT2D eigenvalue weighted by Crippen LogP contribution is -2.06. The second-order valence-electron chi connectivity index (χ2n) is 4.45. The van der Waals surface area contributed by atoms with Crippen molar-refractivity contribution in [1.82, 2.24) is 4.98 Å². The van der Waals surface area contributed by atoms with Crippen LogP contribution in [0.4, 0.5) is 13.2 Å². The largest absolute Gasteiger partial charge is 0.417 e. The molecular formula is C16H10F3N. The van der Waals surface area contributed by atoms with Gasteiger partial charge in [0.05, 0.1) is 11.1 Å². The summed E-state index contributed by atoms with van der Waals surface area (Å²) in [5, 5.41) is 0.903. The van der Waals surface area contributed by atoms with Gasteiger partial charge in [-0.1, -0.05) is 36.4 Å². The summed E-state index contributed by atoms with van der Waals surface area (Å²) >= 11 is 0. The van der Waals surface area contributed by atoms with Crippen LogP contribution in [0, 0.1) is 0 Å². The minimum Gasteiger partial charge on any atom is -0.256 e. The van der Waals surface area contributed by atoms with Gasteiger partial charge in [0.15, 0.2) is 0 Å². The first-order valence-corrected chi connectivity index (χ1v) is 6.07. The van der Waals surface area contributed by atoms with E-state index in [-0.39, 0.29) is 5.56 Å². The van der Waals surface area contributed by atoms with Crippen LogP contribution in [-0.4, -0.2) is 4.98 Å². The molecule has 2 aromatic carbocycles. The highest BCUT2D eigenvalue weighted by atomic mass is 19.4. The van der Waals surface area contributed by atoms with E-state index in [2.05, 4.69) is 4.98 Å². The van der Waals surface area contributed by atoms with E-state index in [4.69, 9.17) is 0 Å². The molecule has 3 rings (SSSR count). The minimum atomic E-state index is -4.37. The van der Waals surface area contributed by atoms with Crippen LogP contribution in [0.2, 0.25) is 0 Å². The Balaban J connectivity index is 2.21. The van der Waals surface area contributed by atoms with E-state index >= 15 is 0 Å². The van der Waals surface area contributed by atoms with Crippen LogP contribution < -0.4 is 0 Å². The lowest BCUT2D eigenvalue weighted by Gasteiger charge is -2.13. The Bertz CT molecular complexity index is 763. The predicted molar refractivity (Wildman–Crippen MR) is 72.2 cm³/mol. The Morgan fingerprint density at radius 2 is 1.65 bits per heavy atom. The number of rotatable bonds is 1. The fourth-order valence-corrected chi connectivity index (χ4v) is 2.22. The first kappa shape index (κ1) is 12.7. The van der Waals surface area contributed by atoms with Crippen LogP contribution in [-0.2, 0) is 6.18 Å². The summed E-state index contributed by atoms with van der Waals surface area (Å²) in [6.45, 7) is 0. The molecule has 0 aliphatic carbocycles. The maximum Gasteiger partial charge on any atom is 0.417 e. The van der Waals surface area contributed by atoms with Gasteiger partial charge in [-0.15, -0.1) is 0 Å². The van der Waals surface area contributed by atoms with Crippen LogP contribution in [0.5, 0.6) is 0 Å². The van der Waals surface area contributed by atoms with E-state index in [9.17, 15) is 13.2 Å². The zero-order valence-corrected chi connectivity index (χ0v) is 10.4. The molecule has 20 heavy (non-hydrogen) atoms. The van der Waals surface area contributed by atoms with Crippen molar-refractivity contribution < 1.29 is 13.2 Å². The minimum absolute atomic E-state index is 0.174. The standard InChI is InChI=1S/C16H10F3N/c17-16(18,19)14-6-2-1-5-13(14)12-8-7-11-4-3-9-20-15(11)10-12/h1-10H. The maximum absolute atomic E-state index is 13.0. The molecule has 0 unspecified atom stereocenters. The normalized spacial score (nSPS) is 11.8. The molecule has 1 nitrogen and oxygen atoms in total. The van der Waals surface area contributed by atoms with Crippen molar-refractivity contribution in [3.8, 4) is 11.1 Å². The summed E-state index contributed by atoms with van der Waals surface area (Å²) in [6.07, 6.45) is -2.74. The molecule has 0 aliphatic rings. The average molecular weight is 273 g/mol. The van der Waals surface area contributed by atoms with E-state index in [0.717, 1.165) is 11.5 Å². The number of nitrogens with zero attached hydrogens (tertiary/aromatic N) is 1. The zero-order chi connectivity index (χ0) is 14.2. The van der Waals surface area contributed by atoms with E-state index in [1.165, 1.54) is 12.1 Å². The number of alkyl halides is 3. The molecule has 0 aliphatic heterocycles. The van der Waals surface area contributed by atoms with Gasteiger partial charge in [-0.3, -0.25) is 4.98 Å². The Morgan fingerprint density at radius 3 is 2.45 bits per heavy atom. The highest BCUT2D eigenvalue weighted by molar-refractivity contribution is 5.84. The lowest BCUT2D eigenvalue weighted by molar-refractivity contribution is -0.137. The van der Waals surface area contributed by atoms with Crippen LogP contribution in [0.1, 0.15) is 5.56 Å². The van der Waals surface area contributed by atoms with Crippen molar-refractivity contribution in [1.29, 1.82) is 0 Å². The van der Waals surface area contributed by atoms with Crippen molar-refractivity contribution in [3.63, 3.8) is 0 Å². The molecule has 0 N–H and O–H groups in total. The number of hydrogen-bond acceptors (Lipinski definition) is 1.